The van der Waals surface area contributed by atoms with E-state index in [4.69, 9.17) is 4.74 Å². The average Bonchev–Trinajstić information content (AvgIpc) is 2.28. The summed E-state index contributed by atoms with van der Waals surface area (Å²) in [5.41, 5.74) is 0.235. The highest BCUT2D eigenvalue weighted by molar-refractivity contribution is 5.80. The zero-order valence-electron chi connectivity index (χ0n) is 12.3. The number of amides is 1. The Kier molecular flexibility index (Phi) is 4.95. The molecule has 0 saturated carbocycles. The van der Waals surface area contributed by atoms with Crippen molar-refractivity contribution in [1.29, 1.82) is 0 Å². The lowest BCUT2D eigenvalue weighted by molar-refractivity contribution is -0.139. The van der Waals surface area contributed by atoms with E-state index in [9.17, 15) is 9.90 Å². The molecule has 0 saturated heterocycles. The summed E-state index contributed by atoms with van der Waals surface area (Å²) >= 11 is 0. The molecule has 1 N–H and O–H groups in total. The Morgan fingerprint density at radius 3 is 2.37 bits per heavy atom. The number of rotatable bonds is 5. The van der Waals surface area contributed by atoms with E-state index in [-0.39, 0.29) is 12.5 Å². The van der Waals surface area contributed by atoms with Crippen molar-refractivity contribution in [3.8, 4) is 5.75 Å². The molecule has 106 valence electrons. The van der Waals surface area contributed by atoms with Gasteiger partial charge in [0.2, 0.25) is 0 Å². The molecule has 19 heavy (non-hydrogen) atoms. The van der Waals surface area contributed by atoms with E-state index in [1.54, 1.807) is 27.8 Å². The third-order valence-electron chi connectivity index (χ3n) is 2.68. The average molecular weight is 265 g/mol. The molecule has 0 fully saturated rings. The minimum absolute atomic E-state index is 0.150. The van der Waals surface area contributed by atoms with Crippen LogP contribution in [0.25, 0.3) is 0 Å². The third-order valence-corrected chi connectivity index (χ3v) is 2.68. The fraction of sp³-hybridized carbons (Fsp3) is 0.533. The molecule has 4 heteroatoms. The monoisotopic (exact) mass is 265 g/mol. The first-order valence-electron chi connectivity index (χ1n) is 6.40. The molecule has 0 heterocycles. The number of likely N-dealkylation sites (N-methyl/N-ethyl adjacent to an activating group) is 1. The van der Waals surface area contributed by atoms with Gasteiger partial charge in [-0.25, -0.2) is 0 Å². The number of carbonyl (C=O) groups is 1. The maximum absolute atomic E-state index is 12.1. The molecule has 0 radical (unpaired) electrons. The molecule has 1 rings (SSSR count). The third kappa shape index (κ3) is 5.30. The maximum atomic E-state index is 12.1. The molecule has 4 nitrogen and oxygen atoms in total. The Labute approximate surface area is 115 Å². The van der Waals surface area contributed by atoms with Crippen molar-refractivity contribution in [2.75, 3.05) is 13.6 Å². The van der Waals surface area contributed by atoms with Crippen molar-refractivity contribution < 1.29 is 14.6 Å². The number of nitrogens with zero attached hydrogens (tertiary/aromatic N) is 1. The van der Waals surface area contributed by atoms with E-state index in [0.717, 1.165) is 5.56 Å². The zero-order valence-corrected chi connectivity index (χ0v) is 12.3. The summed E-state index contributed by atoms with van der Waals surface area (Å²) in [5, 5.41) is 9.70. The van der Waals surface area contributed by atoms with E-state index in [0.29, 0.717) is 5.75 Å². The standard InChI is InChI=1S/C15H23NO3/c1-11-6-8-13(9-7-11)19-12(2)14(17)16(5)10-15(3,4)18/h6-9,12,18H,10H2,1-5H3. The Bertz CT molecular complexity index is 420. The number of aliphatic hydroxyl groups is 1. The number of hydrogen-bond donors (Lipinski definition) is 1. The topological polar surface area (TPSA) is 49.8 Å². The number of ether oxygens (including phenoxy) is 1. The van der Waals surface area contributed by atoms with Gasteiger partial charge in [0.25, 0.3) is 5.91 Å². The zero-order chi connectivity index (χ0) is 14.6. The van der Waals surface area contributed by atoms with Crippen LogP contribution in [0.15, 0.2) is 24.3 Å². The molecule has 1 atom stereocenters. The molecule has 0 aliphatic carbocycles. The molecule has 0 spiro atoms. The summed E-state index contributed by atoms with van der Waals surface area (Å²) in [7, 11) is 1.66. The first-order chi connectivity index (χ1) is 8.69. The molecule has 1 unspecified atom stereocenters. The van der Waals surface area contributed by atoms with Crippen LogP contribution in [0.4, 0.5) is 0 Å². The van der Waals surface area contributed by atoms with Gasteiger partial charge in [0.15, 0.2) is 6.10 Å². The van der Waals surface area contributed by atoms with Gasteiger partial charge in [0, 0.05) is 13.6 Å². The summed E-state index contributed by atoms with van der Waals surface area (Å²) < 4.78 is 5.59. The smallest absolute Gasteiger partial charge is 0.263 e. The quantitative estimate of drug-likeness (QED) is 0.885. The van der Waals surface area contributed by atoms with Crippen molar-refractivity contribution in [3.63, 3.8) is 0 Å². The molecular formula is C15H23NO3. The van der Waals surface area contributed by atoms with Crippen LogP contribution in [0.5, 0.6) is 5.75 Å². The first-order valence-corrected chi connectivity index (χ1v) is 6.40. The maximum Gasteiger partial charge on any atom is 0.263 e. The highest BCUT2D eigenvalue weighted by Crippen LogP contribution is 2.14. The van der Waals surface area contributed by atoms with E-state index in [1.807, 2.05) is 31.2 Å². The van der Waals surface area contributed by atoms with Gasteiger partial charge in [-0.05, 0) is 39.8 Å². The van der Waals surface area contributed by atoms with Crippen molar-refractivity contribution in [3.05, 3.63) is 29.8 Å². The van der Waals surface area contributed by atoms with Gasteiger partial charge in [0.05, 0.1) is 5.60 Å². The lowest BCUT2D eigenvalue weighted by Crippen LogP contribution is -2.44. The minimum Gasteiger partial charge on any atom is -0.481 e. The number of aryl methyl sites for hydroxylation is 1. The molecule has 1 aromatic carbocycles. The van der Waals surface area contributed by atoms with Crippen molar-refractivity contribution in [2.45, 2.75) is 39.4 Å². The summed E-state index contributed by atoms with van der Waals surface area (Å²) in [5.74, 6) is 0.519. The summed E-state index contributed by atoms with van der Waals surface area (Å²) in [4.78, 5) is 13.6. The highest BCUT2D eigenvalue weighted by Gasteiger charge is 2.24. The fourth-order valence-electron chi connectivity index (χ4n) is 1.84. The van der Waals surface area contributed by atoms with E-state index in [2.05, 4.69) is 0 Å². The molecule has 1 amide bonds. The van der Waals surface area contributed by atoms with Gasteiger partial charge in [-0.1, -0.05) is 17.7 Å². The molecule has 0 aliphatic rings. The first kappa shape index (κ1) is 15.5. The van der Waals surface area contributed by atoms with Crippen molar-refractivity contribution in [2.24, 2.45) is 0 Å². The van der Waals surface area contributed by atoms with Crippen LogP contribution in [0.1, 0.15) is 26.3 Å². The Hall–Kier alpha value is -1.55. The van der Waals surface area contributed by atoms with E-state index >= 15 is 0 Å². The molecule has 0 aromatic heterocycles. The van der Waals surface area contributed by atoms with Gasteiger partial charge in [0.1, 0.15) is 5.75 Å². The van der Waals surface area contributed by atoms with Crippen LogP contribution >= 0.6 is 0 Å². The largest absolute Gasteiger partial charge is 0.481 e. The van der Waals surface area contributed by atoms with Gasteiger partial charge in [-0.15, -0.1) is 0 Å². The number of carbonyl (C=O) groups excluding carboxylic acids is 1. The Morgan fingerprint density at radius 1 is 1.37 bits per heavy atom. The Morgan fingerprint density at radius 2 is 1.89 bits per heavy atom. The van der Waals surface area contributed by atoms with E-state index in [1.165, 1.54) is 4.90 Å². The molecule has 0 bridgehead atoms. The summed E-state index contributed by atoms with van der Waals surface area (Å²) in [6.07, 6.45) is -0.574. The van der Waals surface area contributed by atoms with Gasteiger partial charge >= 0.3 is 0 Å². The van der Waals surface area contributed by atoms with Crippen molar-refractivity contribution in [1.82, 2.24) is 4.90 Å². The van der Waals surface area contributed by atoms with Crippen LogP contribution in [0, 0.1) is 6.92 Å². The van der Waals surface area contributed by atoms with E-state index < -0.39 is 11.7 Å². The van der Waals surface area contributed by atoms with Crippen LogP contribution in [-0.2, 0) is 4.79 Å². The van der Waals surface area contributed by atoms with Crippen LogP contribution in [-0.4, -0.2) is 41.2 Å². The SMILES string of the molecule is Cc1ccc(OC(C)C(=O)N(C)CC(C)(C)O)cc1. The predicted octanol–water partition coefficient (Wildman–Crippen LogP) is 1.99. The lowest BCUT2D eigenvalue weighted by Gasteiger charge is -2.27. The predicted molar refractivity (Wildman–Crippen MR) is 75.2 cm³/mol. The van der Waals surface area contributed by atoms with Crippen LogP contribution in [0.3, 0.4) is 0 Å². The summed E-state index contributed by atoms with van der Waals surface area (Å²) in [6.45, 7) is 7.32. The second-order valence-electron chi connectivity index (χ2n) is 5.58. The molecule has 0 aliphatic heterocycles. The van der Waals surface area contributed by atoms with Gasteiger partial charge in [-0.2, -0.15) is 0 Å². The highest BCUT2D eigenvalue weighted by atomic mass is 16.5. The van der Waals surface area contributed by atoms with Crippen LogP contribution in [0.2, 0.25) is 0 Å². The lowest BCUT2D eigenvalue weighted by atomic mass is 10.1. The number of benzene rings is 1. The number of hydrogen-bond acceptors (Lipinski definition) is 3. The second-order valence-corrected chi connectivity index (χ2v) is 5.58. The fourth-order valence-corrected chi connectivity index (χ4v) is 1.84. The van der Waals surface area contributed by atoms with Crippen molar-refractivity contribution >= 4 is 5.91 Å². The minimum atomic E-state index is -0.909. The molecule has 1 aromatic rings. The van der Waals surface area contributed by atoms with Crippen LogP contribution < -0.4 is 4.74 Å². The van der Waals surface area contributed by atoms with Gasteiger partial charge in [-0.3, -0.25) is 4.79 Å². The Balaban J connectivity index is 2.59. The van der Waals surface area contributed by atoms with Gasteiger partial charge < -0.3 is 14.7 Å². The second kappa shape index (κ2) is 6.06. The summed E-state index contributed by atoms with van der Waals surface area (Å²) in [6, 6.07) is 7.56. The molecular weight excluding hydrogens is 242 g/mol. The normalized spacial score (nSPS) is 12.9.